The molecule has 2 atom stereocenters. The van der Waals surface area contributed by atoms with Crippen molar-refractivity contribution in [2.75, 3.05) is 13.3 Å². The molecule has 5 heteroatoms. The van der Waals surface area contributed by atoms with E-state index in [2.05, 4.69) is 86.1 Å². The summed E-state index contributed by atoms with van der Waals surface area (Å²) in [5.74, 6) is 0. The molecule has 4 aromatic rings. The second kappa shape index (κ2) is 9.15. The quantitative estimate of drug-likeness (QED) is 0.245. The number of halogens is 2. The summed E-state index contributed by atoms with van der Waals surface area (Å²) >= 11 is 0. The minimum Gasteiger partial charge on any atom is -1.00 e. The standard InChI is InChI=1S/C20H18P2.2FH.Ti/c1-21(19-11-15-7-3-4-8-16(15)12-19)22(2)20-13-17-9-5-6-10-18(17)14-20;;;/h3-14H,1-2H3;2*1H;/q-2;;;+4/p-2. The predicted octanol–water partition coefficient (Wildman–Crippen LogP) is -0.474. The number of hydrogen-bond donors (Lipinski definition) is 0. The van der Waals surface area contributed by atoms with Gasteiger partial charge < -0.3 is 9.41 Å². The maximum absolute atomic E-state index is 2.44. The minimum atomic E-state index is -0.132. The minimum absolute atomic E-state index is 0. The smallest absolute Gasteiger partial charge is 1.00 e. The van der Waals surface area contributed by atoms with E-state index in [4.69, 9.17) is 0 Å². The number of rotatable bonds is 3. The van der Waals surface area contributed by atoms with E-state index in [0.29, 0.717) is 0 Å². The molecule has 0 nitrogen and oxygen atoms in total. The van der Waals surface area contributed by atoms with Crippen molar-refractivity contribution in [3.63, 3.8) is 0 Å². The maximum atomic E-state index is 2.44. The Morgan fingerprint density at radius 1 is 0.640 bits per heavy atom. The molecule has 0 aromatic heterocycles. The van der Waals surface area contributed by atoms with Gasteiger partial charge in [-0.2, -0.15) is 12.1 Å². The molecule has 0 spiro atoms. The molecule has 0 aliphatic heterocycles. The molecule has 0 saturated carbocycles. The second-order valence-corrected chi connectivity index (χ2v) is 12.5. The summed E-state index contributed by atoms with van der Waals surface area (Å²) in [6.07, 6.45) is 0. The van der Waals surface area contributed by atoms with Gasteiger partial charge in [-0.1, -0.05) is 27.4 Å². The van der Waals surface area contributed by atoms with Crippen LogP contribution in [0.15, 0.2) is 72.8 Å². The fourth-order valence-electron chi connectivity index (χ4n) is 2.99. The predicted molar refractivity (Wildman–Crippen MR) is 104 cm³/mol. The first-order valence-corrected chi connectivity index (χ1v) is 11.8. The molecule has 2 unspecified atom stereocenters. The average Bonchev–Trinajstić information content (AvgIpc) is 3.16. The molecule has 126 valence electrons. The zero-order valence-electron chi connectivity index (χ0n) is 14.1. The van der Waals surface area contributed by atoms with Crippen LogP contribution in [0, 0.1) is 0 Å². The van der Waals surface area contributed by atoms with E-state index < -0.39 is 0 Å². The van der Waals surface area contributed by atoms with Crippen LogP contribution in [-0.2, 0) is 21.7 Å². The van der Waals surface area contributed by atoms with Crippen molar-refractivity contribution >= 4 is 47.4 Å². The third-order valence-corrected chi connectivity index (χ3v) is 11.4. The van der Waals surface area contributed by atoms with Crippen molar-refractivity contribution in [2.45, 2.75) is 0 Å². The zero-order valence-corrected chi connectivity index (χ0v) is 17.4. The van der Waals surface area contributed by atoms with Crippen LogP contribution in [0.25, 0.3) is 21.5 Å². The summed E-state index contributed by atoms with van der Waals surface area (Å²) < 4.78 is 0. The van der Waals surface area contributed by atoms with E-state index in [0.717, 1.165) is 0 Å². The Bertz CT molecular complexity index is 801. The molecule has 0 amide bonds. The van der Waals surface area contributed by atoms with Crippen LogP contribution in [0.4, 0.5) is 0 Å². The van der Waals surface area contributed by atoms with Gasteiger partial charge in [-0.15, -0.1) is 80.7 Å². The van der Waals surface area contributed by atoms with Crippen molar-refractivity contribution in [3.05, 3.63) is 72.8 Å². The first kappa shape index (κ1) is 22.1. The number of fused-ring (bicyclic) bond motifs is 2. The molecule has 0 saturated heterocycles. The topological polar surface area (TPSA) is 0 Å². The van der Waals surface area contributed by atoms with Crippen molar-refractivity contribution < 1.29 is 31.1 Å². The van der Waals surface area contributed by atoms with Crippen LogP contribution < -0.4 is 20.0 Å². The fraction of sp³-hybridized carbons (Fsp3) is 0.100. The summed E-state index contributed by atoms with van der Waals surface area (Å²) in [6.45, 7) is 4.87. The van der Waals surface area contributed by atoms with Crippen LogP contribution in [-0.4, -0.2) is 13.3 Å². The molecule has 0 heterocycles. The summed E-state index contributed by atoms with van der Waals surface area (Å²) in [5, 5.41) is 8.59. The summed E-state index contributed by atoms with van der Waals surface area (Å²) in [6, 6.07) is 27.0. The first-order chi connectivity index (χ1) is 10.7. The third kappa shape index (κ3) is 4.26. The Labute approximate surface area is 164 Å². The Balaban J connectivity index is 0.00000104. The molecular weight excluding hydrogens is 388 g/mol. The molecule has 0 fully saturated rings. The zero-order chi connectivity index (χ0) is 15.1. The molecule has 0 bridgehead atoms. The van der Waals surface area contributed by atoms with E-state index in [1.807, 2.05) is 0 Å². The van der Waals surface area contributed by atoms with Gasteiger partial charge in [0.15, 0.2) is 0 Å². The van der Waals surface area contributed by atoms with Crippen LogP contribution in [0.3, 0.4) is 0 Å². The van der Waals surface area contributed by atoms with Crippen LogP contribution in [0.2, 0.25) is 0 Å². The normalized spacial score (nSPS) is 12.7. The maximum Gasteiger partial charge on any atom is 4.00 e. The average molecular weight is 406 g/mol. The van der Waals surface area contributed by atoms with E-state index in [9.17, 15) is 0 Å². The van der Waals surface area contributed by atoms with Crippen LogP contribution in [0.5, 0.6) is 0 Å². The largest absolute Gasteiger partial charge is 4.00 e. The van der Waals surface area contributed by atoms with Gasteiger partial charge in [-0.05, 0) is 13.3 Å². The molecule has 0 aliphatic rings. The number of hydrogen-bond acceptors (Lipinski definition) is 0. The molecule has 0 aliphatic carbocycles. The van der Waals surface area contributed by atoms with Gasteiger partial charge in [0.1, 0.15) is 0 Å². The SMILES string of the molecule is CP(c1cc2ccccc2[cH-]1)P(C)c1cc2ccccc2[cH-]1.[F-].[F-].[Ti+4]. The van der Waals surface area contributed by atoms with Crippen LogP contribution >= 0.6 is 15.2 Å². The summed E-state index contributed by atoms with van der Waals surface area (Å²) in [7, 11) is -0.264. The van der Waals surface area contributed by atoms with E-state index >= 15 is 0 Å². The van der Waals surface area contributed by atoms with Crippen molar-refractivity contribution in [1.82, 2.24) is 0 Å². The molecule has 4 aromatic carbocycles. The van der Waals surface area contributed by atoms with E-state index in [1.165, 1.54) is 32.2 Å². The van der Waals surface area contributed by atoms with Gasteiger partial charge in [0, 0.05) is 0 Å². The molecule has 0 N–H and O–H groups in total. The van der Waals surface area contributed by atoms with Crippen molar-refractivity contribution in [1.29, 1.82) is 0 Å². The summed E-state index contributed by atoms with van der Waals surface area (Å²) in [5.41, 5.74) is 0. The Hall–Kier alpha value is -0.906. The van der Waals surface area contributed by atoms with E-state index in [-0.39, 0.29) is 46.3 Å². The van der Waals surface area contributed by atoms with Gasteiger partial charge in [-0.25, -0.2) is 0 Å². The van der Waals surface area contributed by atoms with E-state index in [1.54, 1.807) is 0 Å². The van der Waals surface area contributed by atoms with Gasteiger partial charge in [0.2, 0.25) is 0 Å². The van der Waals surface area contributed by atoms with Crippen molar-refractivity contribution in [2.24, 2.45) is 0 Å². The molecule has 0 radical (unpaired) electrons. The second-order valence-electron chi connectivity index (χ2n) is 5.73. The molecule has 25 heavy (non-hydrogen) atoms. The Morgan fingerprint density at radius 3 is 1.36 bits per heavy atom. The van der Waals surface area contributed by atoms with Gasteiger partial charge in [0.05, 0.1) is 0 Å². The fourth-order valence-corrected chi connectivity index (χ4v) is 7.76. The van der Waals surface area contributed by atoms with Crippen molar-refractivity contribution in [3.8, 4) is 0 Å². The Kier molecular flexibility index (Phi) is 8.10. The van der Waals surface area contributed by atoms with Gasteiger partial charge in [-0.3, -0.25) is 0 Å². The van der Waals surface area contributed by atoms with Gasteiger partial charge in [0.25, 0.3) is 0 Å². The molecule has 4 rings (SSSR count). The molecular formula is C20H18F2P2Ti. The summed E-state index contributed by atoms with van der Waals surface area (Å²) in [4.78, 5) is 0. The van der Waals surface area contributed by atoms with Gasteiger partial charge >= 0.3 is 21.7 Å². The third-order valence-electron chi connectivity index (χ3n) is 4.40. The van der Waals surface area contributed by atoms with Crippen LogP contribution in [0.1, 0.15) is 0 Å². The monoisotopic (exact) mass is 406 g/mol. The Morgan fingerprint density at radius 2 is 1.00 bits per heavy atom. The first-order valence-electron chi connectivity index (χ1n) is 7.51. The number of benzene rings is 2.